The van der Waals surface area contributed by atoms with Gasteiger partial charge in [0.15, 0.2) is 0 Å². The van der Waals surface area contributed by atoms with Crippen molar-refractivity contribution in [2.45, 2.75) is 12.8 Å². The van der Waals surface area contributed by atoms with Crippen molar-refractivity contribution in [3.8, 4) is 11.5 Å². The van der Waals surface area contributed by atoms with E-state index in [0.717, 1.165) is 30.3 Å². The van der Waals surface area contributed by atoms with Crippen molar-refractivity contribution < 1.29 is 4.74 Å². The van der Waals surface area contributed by atoms with Crippen molar-refractivity contribution in [3.63, 3.8) is 0 Å². The first kappa shape index (κ1) is 11.2. The lowest BCUT2D eigenvalue weighted by molar-refractivity contribution is 0.446. The zero-order valence-corrected chi connectivity index (χ0v) is 10.4. The summed E-state index contributed by atoms with van der Waals surface area (Å²) >= 11 is 0. The highest BCUT2D eigenvalue weighted by Crippen LogP contribution is 2.26. The highest BCUT2D eigenvalue weighted by atomic mass is 16.5. The smallest absolute Gasteiger partial charge is 0.148 e. The summed E-state index contributed by atoms with van der Waals surface area (Å²) in [5.41, 5.74) is 2.29. The molecular weight excluding hydrogens is 224 g/mol. The van der Waals surface area contributed by atoms with Crippen molar-refractivity contribution in [3.05, 3.63) is 53.9 Å². The third-order valence-electron chi connectivity index (χ3n) is 3.32. The summed E-state index contributed by atoms with van der Waals surface area (Å²) in [6, 6.07) is 12.2. The largest absolute Gasteiger partial charge is 0.455 e. The summed E-state index contributed by atoms with van der Waals surface area (Å²) in [5, 5.41) is 3.28. The van der Waals surface area contributed by atoms with Crippen LogP contribution < -0.4 is 10.1 Å². The second-order valence-corrected chi connectivity index (χ2v) is 4.61. The third-order valence-corrected chi connectivity index (χ3v) is 3.32. The normalized spacial score (nSPS) is 15.2. The quantitative estimate of drug-likeness (QED) is 0.895. The third kappa shape index (κ3) is 2.22. The Labute approximate surface area is 107 Å². The van der Waals surface area contributed by atoms with Crippen molar-refractivity contribution in [2.24, 2.45) is 0 Å². The van der Waals surface area contributed by atoms with Crippen LogP contribution in [0.4, 0.5) is 0 Å². The lowest BCUT2D eigenvalue weighted by Crippen LogP contribution is -2.39. The van der Waals surface area contributed by atoms with Gasteiger partial charge in [0, 0.05) is 25.2 Å². The second-order valence-electron chi connectivity index (χ2n) is 4.61. The molecule has 1 N–H and O–H groups in total. The van der Waals surface area contributed by atoms with Crippen LogP contribution in [0.25, 0.3) is 0 Å². The molecule has 3 rings (SSSR count). The topological polar surface area (TPSA) is 34.1 Å². The fourth-order valence-electron chi connectivity index (χ4n) is 2.04. The Bertz CT molecular complexity index is 532. The monoisotopic (exact) mass is 240 g/mol. The molecule has 0 aliphatic carbocycles. The summed E-state index contributed by atoms with van der Waals surface area (Å²) in [6.07, 6.45) is 1.77. The Morgan fingerprint density at radius 3 is 2.56 bits per heavy atom. The molecule has 18 heavy (non-hydrogen) atoms. The van der Waals surface area contributed by atoms with E-state index in [1.165, 1.54) is 5.56 Å². The SMILES string of the molecule is Cc1ncccc1Oc1ccc(C2CNC2)cc1. The average Bonchev–Trinajstić information content (AvgIpc) is 2.32. The molecule has 1 aromatic heterocycles. The zero-order valence-electron chi connectivity index (χ0n) is 10.4. The number of aromatic nitrogens is 1. The number of pyridine rings is 1. The number of ether oxygens (including phenoxy) is 1. The minimum absolute atomic E-state index is 0.666. The number of hydrogen-bond donors (Lipinski definition) is 1. The van der Waals surface area contributed by atoms with Gasteiger partial charge in [0.2, 0.25) is 0 Å². The minimum Gasteiger partial charge on any atom is -0.455 e. The maximum atomic E-state index is 5.82. The molecule has 1 aliphatic heterocycles. The van der Waals surface area contributed by atoms with Crippen LogP contribution in [0.1, 0.15) is 17.2 Å². The Morgan fingerprint density at radius 1 is 1.17 bits per heavy atom. The highest BCUT2D eigenvalue weighted by molar-refractivity contribution is 5.36. The standard InChI is InChI=1S/C15H16N2O/c1-11-15(3-2-8-17-11)18-14-6-4-12(5-7-14)13-9-16-10-13/h2-8,13,16H,9-10H2,1H3. The molecular formula is C15H16N2O. The van der Waals surface area contributed by atoms with E-state index < -0.39 is 0 Å². The summed E-state index contributed by atoms with van der Waals surface area (Å²) in [6.45, 7) is 4.12. The van der Waals surface area contributed by atoms with E-state index in [9.17, 15) is 0 Å². The summed E-state index contributed by atoms with van der Waals surface area (Å²) in [5.74, 6) is 2.34. The molecule has 1 saturated heterocycles. The highest BCUT2D eigenvalue weighted by Gasteiger charge is 2.18. The van der Waals surface area contributed by atoms with Gasteiger partial charge in [0.25, 0.3) is 0 Å². The molecule has 0 unspecified atom stereocenters. The maximum Gasteiger partial charge on any atom is 0.148 e. The molecule has 0 bridgehead atoms. The predicted octanol–water partition coefficient (Wildman–Crippen LogP) is 2.87. The van der Waals surface area contributed by atoms with Crippen LogP contribution in [-0.2, 0) is 0 Å². The molecule has 0 saturated carbocycles. The average molecular weight is 240 g/mol. The molecule has 92 valence electrons. The zero-order chi connectivity index (χ0) is 12.4. The molecule has 0 amide bonds. The van der Waals surface area contributed by atoms with Gasteiger partial charge in [-0.15, -0.1) is 0 Å². The van der Waals surface area contributed by atoms with Gasteiger partial charge in [-0.3, -0.25) is 4.98 Å². The molecule has 1 fully saturated rings. The lowest BCUT2D eigenvalue weighted by atomic mass is 9.94. The Morgan fingerprint density at radius 2 is 1.94 bits per heavy atom. The van der Waals surface area contributed by atoms with Gasteiger partial charge >= 0.3 is 0 Å². The summed E-state index contributed by atoms with van der Waals surface area (Å²) in [4.78, 5) is 4.21. The molecule has 3 nitrogen and oxygen atoms in total. The summed E-state index contributed by atoms with van der Waals surface area (Å²) < 4.78 is 5.82. The fourth-order valence-corrected chi connectivity index (χ4v) is 2.04. The number of nitrogens with one attached hydrogen (secondary N) is 1. The van der Waals surface area contributed by atoms with Crippen LogP contribution in [0, 0.1) is 6.92 Å². The van der Waals surface area contributed by atoms with Gasteiger partial charge in [-0.1, -0.05) is 12.1 Å². The number of rotatable bonds is 3. The molecule has 0 radical (unpaired) electrons. The first-order valence-electron chi connectivity index (χ1n) is 6.23. The molecule has 1 aliphatic rings. The first-order valence-corrected chi connectivity index (χ1v) is 6.23. The van der Waals surface area contributed by atoms with E-state index in [1.54, 1.807) is 6.20 Å². The van der Waals surface area contributed by atoms with Crippen LogP contribution in [0.5, 0.6) is 11.5 Å². The van der Waals surface area contributed by atoms with Gasteiger partial charge in [0.05, 0.1) is 5.69 Å². The van der Waals surface area contributed by atoms with Crippen LogP contribution in [0.15, 0.2) is 42.6 Å². The molecule has 0 atom stereocenters. The summed E-state index contributed by atoms with van der Waals surface area (Å²) in [7, 11) is 0. The minimum atomic E-state index is 0.666. The first-order chi connectivity index (χ1) is 8.83. The van der Waals surface area contributed by atoms with Gasteiger partial charge in [0.1, 0.15) is 11.5 Å². The van der Waals surface area contributed by atoms with Crippen molar-refractivity contribution >= 4 is 0 Å². The molecule has 3 heteroatoms. The van der Waals surface area contributed by atoms with E-state index in [-0.39, 0.29) is 0 Å². The Kier molecular flexibility index (Phi) is 2.99. The van der Waals surface area contributed by atoms with E-state index >= 15 is 0 Å². The van der Waals surface area contributed by atoms with E-state index in [4.69, 9.17) is 4.74 Å². The molecule has 1 aromatic carbocycles. The molecule has 0 spiro atoms. The number of hydrogen-bond acceptors (Lipinski definition) is 3. The van der Waals surface area contributed by atoms with Crippen LogP contribution in [-0.4, -0.2) is 18.1 Å². The van der Waals surface area contributed by atoms with Gasteiger partial charge in [-0.2, -0.15) is 0 Å². The molecule has 2 heterocycles. The van der Waals surface area contributed by atoms with Gasteiger partial charge < -0.3 is 10.1 Å². The van der Waals surface area contributed by atoms with E-state index in [0.29, 0.717) is 5.92 Å². The van der Waals surface area contributed by atoms with Crippen molar-refractivity contribution in [1.29, 1.82) is 0 Å². The van der Waals surface area contributed by atoms with Crippen molar-refractivity contribution in [2.75, 3.05) is 13.1 Å². The van der Waals surface area contributed by atoms with Gasteiger partial charge in [-0.05, 0) is 36.8 Å². The van der Waals surface area contributed by atoms with E-state index in [2.05, 4.69) is 22.4 Å². The van der Waals surface area contributed by atoms with Gasteiger partial charge in [-0.25, -0.2) is 0 Å². The van der Waals surface area contributed by atoms with E-state index in [1.807, 2.05) is 31.2 Å². The van der Waals surface area contributed by atoms with Crippen LogP contribution in [0.2, 0.25) is 0 Å². The Hall–Kier alpha value is -1.87. The Balaban J connectivity index is 1.75. The fraction of sp³-hybridized carbons (Fsp3) is 0.267. The van der Waals surface area contributed by atoms with Crippen molar-refractivity contribution in [1.82, 2.24) is 10.3 Å². The van der Waals surface area contributed by atoms with Crippen LogP contribution >= 0.6 is 0 Å². The number of nitrogens with zero attached hydrogens (tertiary/aromatic N) is 1. The number of aryl methyl sites for hydroxylation is 1. The number of benzene rings is 1. The maximum absolute atomic E-state index is 5.82. The molecule has 2 aromatic rings. The second kappa shape index (κ2) is 4.78. The van der Waals surface area contributed by atoms with Crippen LogP contribution in [0.3, 0.4) is 0 Å². The predicted molar refractivity (Wildman–Crippen MR) is 71.1 cm³/mol. The lowest BCUT2D eigenvalue weighted by Gasteiger charge is -2.27.